The molecule has 0 aliphatic heterocycles. The van der Waals surface area contributed by atoms with E-state index in [0.29, 0.717) is 6.54 Å². The Bertz CT molecular complexity index is 825. The van der Waals surface area contributed by atoms with Crippen molar-refractivity contribution in [2.75, 3.05) is 12.4 Å². The topological polar surface area (TPSA) is 65.5 Å². The molecular weight excluding hydrogens is 348 g/mol. The lowest BCUT2D eigenvalue weighted by molar-refractivity contribution is -0.119. The van der Waals surface area contributed by atoms with Gasteiger partial charge in [0.1, 0.15) is 0 Å². The van der Waals surface area contributed by atoms with Gasteiger partial charge in [-0.25, -0.2) is 0 Å². The summed E-state index contributed by atoms with van der Waals surface area (Å²) in [4.78, 5) is 16.6. The van der Waals surface area contributed by atoms with Crippen molar-refractivity contribution < 1.29 is 4.79 Å². The minimum Gasteiger partial charge on any atom is -0.352 e. The van der Waals surface area contributed by atoms with Gasteiger partial charge in [0, 0.05) is 31.7 Å². The first-order valence-electron chi connectivity index (χ1n) is 10.0. The third-order valence-electron chi connectivity index (χ3n) is 5.31. The number of nitrogens with one attached hydrogen (secondary N) is 3. The lowest BCUT2D eigenvalue weighted by Gasteiger charge is -2.14. The van der Waals surface area contributed by atoms with Crippen LogP contribution in [0.2, 0.25) is 0 Å². The van der Waals surface area contributed by atoms with Crippen LogP contribution in [0.4, 0.5) is 5.69 Å². The first kappa shape index (κ1) is 19.9. The average Bonchev–Trinajstić information content (AvgIpc) is 3.25. The van der Waals surface area contributed by atoms with Crippen molar-refractivity contribution in [2.45, 2.75) is 45.7 Å². The highest BCUT2D eigenvalue weighted by molar-refractivity contribution is 5.92. The Morgan fingerprint density at radius 3 is 2.54 bits per heavy atom. The molecule has 0 unspecified atom stereocenters. The molecule has 0 spiro atoms. The van der Waals surface area contributed by atoms with E-state index < -0.39 is 0 Å². The molecule has 28 heavy (non-hydrogen) atoms. The van der Waals surface area contributed by atoms with Crippen molar-refractivity contribution in [1.29, 1.82) is 0 Å². The molecule has 3 N–H and O–H groups in total. The lowest BCUT2D eigenvalue weighted by Crippen LogP contribution is -2.36. The summed E-state index contributed by atoms with van der Waals surface area (Å²) in [5.41, 5.74) is 4.47. The fourth-order valence-electron chi connectivity index (χ4n) is 3.59. The summed E-state index contributed by atoms with van der Waals surface area (Å²) in [5, 5.41) is 9.75. The molecule has 0 radical (unpaired) electrons. The molecule has 2 aromatic rings. The molecule has 5 nitrogen and oxygen atoms in total. The van der Waals surface area contributed by atoms with Gasteiger partial charge in [0.2, 0.25) is 5.91 Å². The van der Waals surface area contributed by atoms with Crippen molar-refractivity contribution in [1.82, 2.24) is 10.6 Å². The van der Waals surface area contributed by atoms with E-state index in [-0.39, 0.29) is 11.8 Å². The van der Waals surface area contributed by atoms with Gasteiger partial charge >= 0.3 is 0 Å². The average molecular weight is 379 g/mol. The van der Waals surface area contributed by atoms with Crippen LogP contribution in [0.3, 0.4) is 0 Å². The molecule has 1 saturated carbocycles. The highest BCUT2D eigenvalue weighted by Gasteiger charge is 2.22. The summed E-state index contributed by atoms with van der Waals surface area (Å²) in [7, 11) is 1.77. The minimum absolute atomic E-state index is 0.151. The zero-order chi connectivity index (χ0) is 19.8. The van der Waals surface area contributed by atoms with Crippen molar-refractivity contribution in [3.8, 4) is 0 Å². The van der Waals surface area contributed by atoms with Gasteiger partial charge in [-0.2, -0.15) is 0 Å². The highest BCUT2D eigenvalue weighted by Crippen LogP contribution is 2.26. The number of aryl methyl sites for hydroxylation is 1. The van der Waals surface area contributed by atoms with E-state index in [1.807, 2.05) is 36.4 Å². The first-order chi connectivity index (χ1) is 13.7. The summed E-state index contributed by atoms with van der Waals surface area (Å²) in [6.07, 6.45) is 4.35. The van der Waals surface area contributed by atoms with Crippen LogP contribution in [0.1, 0.15) is 42.4 Å². The fourth-order valence-corrected chi connectivity index (χ4v) is 3.59. The molecule has 0 bridgehead atoms. The third kappa shape index (κ3) is 5.59. The Balaban J connectivity index is 1.51. The van der Waals surface area contributed by atoms with Crippen LogP contribution in [0.15, 0.2) is 53.5 Å². The van der Waals surface area contributed by atoms with Crippen LogP contribution < -0.4 is 16.0 Å². The molecule has 0 atom stereocenters. The number of nitrogens with zero attached hydrogens (tertiary/aromatic N) is 1. The molecule has 148 valence electrons. The van der Waals surface area contributed by atoms with Gasteiger partial charge in [-0.1, -0.05) is 49.2 Å². The van der Waals surface area contributed by atoms with E-state index in [1.54, 1.807) is 7.05 Å². The van der Waals surface area contributed by atoms with Gasteiger partial charge < -0.3 is 16.0 Å². The van der Waals surface area contributed by atoms with Gasteiger partial charge in [0.15, 0.2) is 5.96 Å². The summed E-state index contributed by atoms with van der Waals surface area (Å²) in [6, 6.07) is 16.3. The number of anilines is 1. The van der Waals surface area contributed by atoms with E-state index in [9.17, 15) is 4.79 Å². The van der Waals surface area contributed by atoms with E-state index in [0.717, 1.165) is 49.4 Å². The number of rotatable bonds is 6. The number of carbonyl (C=O) groups excluding carboxylic acids is 1. The molecule has 1 fully saturated rings. The normalized spacial score (nSPS) is 14.7. The van der Waals surface area contributed by atoms with E-state index in [4.69, 9.17) is 0 Å². The number of carbonyl (C=O) groups is 1. The molecule has 0 heterocycles. The largest absolute Gasteiger partial charge is 0.352 e. The predicted octanol–water partition coefficient (Wildman–Crippen LogP) is 3.99. The second-order valence-electron chi connectivity index (χ2n) is 7.38. The Hall–Kier alpha value is -2.82. The zero-order valence-corrected chi connectivity index (χ0v) is 16.8. The quantitative estimate of drug-likeness (QED) is 0.526. The second kappa shape index (κ2) is 9.93. The van der Waals surface area contributed by atoms with Gasteiger partial charge in [-0.15, -0.1) is 0 Å². The fraction of sp³-hybridized carbons (Fsp3) is 0.391. The number of hydrogen-bond donors (Lipinski definition) is 3. The van der Waals surface area contributed by atoms with Gasteiger partial charge in [0.25, 0.3) is 0 Å². The highest BCUT2D eigenvalue weighted by atomic mass is 16.1. The van der Waals surface area contributed by atoms with E-state index in [1.165, 1.54) is 11.1 Å². The van der Waals surface area contributed by atoms with Crippen molar-refractivity contribution >= 4 is 17.6 Å². The van der Waals surface area contributed by atoms with Crippen molar-refractivity contribution in [2.24, 2.45) is 10.9 Å². The van der Waals surface area contributed by atoms with Crippen LogP contribution in [-0.2, 0) is 17.9 Å². The number of aliphatic imine (C=N–C) groups is 1. The van der Waals surface area contributed by atoms with Crippen LogP contribution in [0.25, 0.3) is 0 Å². The molecular formula is C23H30N4O. The van der Waals surface area contributed by atoms with Crippen LogP contribution >= 0.6 is 0 Å². The minimum atomic E-state index is 0.151. The predicted molar refractivity (Wildman–Crippen MR) is 115 cm³/mol. The van der Waals surface area contributed by atoms with Crippen molar-refractivity contribution in [3.05, 3.63) is 65.2 Å². The maximum absolute atomic E-state index is 12.3. The van der Waals surface area contributed by atoms with E-state index in [2.05, 4.69) is 40.0 Å². The standard InChI is InChI=1S/C23H30N4O/c1-17-8-3-4-12-20(17)16-26-23(24-2)25-15-18-9-7-13-21(14-18)27-22(28)19-10-5-6-11-19/h3-4,7-9,12-14,19H,5-6,10-11,15-16H2,1-2H3,(H,27,28)(H2,24,25,26). The molecule has 1 amide bonds. The van der Waals surface area contributed by atoms with Crippen LogP contribution in [0.5, 0.6) is 0 Å². The van der Waals surface area contributed by atoms with Crippen molar-refractivity contribution in [3.63, 3.8) is 0 Å². The summed E-state index contributed by atoms with van der Waals surface area (Å²) in [5.74, 6) is 1.08. The van der Waals surface area contributed by atoms with Gasteiger partial charge in [0.05, 0.1) is 0 Å². The van der Waals surface area contributed by atoms with E-state index >= 15 is 0 Å². The zero-order valence-electron chi connectivity index (χ0n) is 16.8. The molecule has 2 aromatic carbocycles. The summed E-state index contributed by atoms with van der Waals surface area (Å²) in [6.45, 7) is 3.48. The number of benzene rings is 2. The molecule has 3 rings (SSSR count). The SMILES string of the molecule is CN=C(NCc1cccc(NC(=O)C2CCCC2)c1)NCc1ccccc1C. The molecule has 1 aliphatic carbocycles. The summed E-state index contributed by atoms with van der Waals surface area (Å²) < 4.78 is 0. The second-order valence-corrected chi connectivity index (χ2v) is 7.38. The number of amides is 1. The Kier molecular flexibility index (Phi) is 7.06. The van der Waals surface area contributed by atoms with Crippen LogP contribution in [0, 0.1) is 12.8 Å². The molecule has 5 heteroatoms. The van der Waals surface area contributed by atoms with Crippen LogP contribution in [-0.4, -0.2) is 18.9 Å². The molecule has 0 saturated heterocycles. The Morgan fingerprint density at radius 1 is 1.04 bits per heavy atom. The third-order valence-corrected chi connectivity index (χ3v) is 5.31. The maximum Gasteiger partial charge on any atom is 0.227 e. The lowest BCUT2D eigenvalue weighted by atomic mass is 10.1. The molecule has 1 aliphatic rings. The Morgan fingerprint density at radius 2 is 1.79 bits per heavy atom. The summed E-state index contributed by atoms with van der Waals surface area (Å²) >= 11 is 0. The monoisotopic (exact) mass is 378 g/mol. The Labute approximate surface area is 167 Å². The first-order valence-corrected chi connectivity index (χ1v) is 10.0. The maximum atomic E-state index is 12.3. The van der Waals surface area contributed by atoms with Gasteiger partial charge in [-0.3, -0.25) is 9.79 Å². The number of hydrogen-bond acceptors (Lipinski definition) is 2. The smallest absolute Gasteiger partial charge is 0.227 e. The molecule has 0 aromatic heterocycles. The number of guanidine groups is 1. The van der Waals surface area contributed by atoms with Gasteiger partial charge in [-0.05, 0) is 48.6 Å².